The molecule has 2 rings (SSSR count). The Morgan fingerprint density at radius 2 is 2.10 bits per heavy atom. The molecule has 1 heterocycles. The van der Waals surface area contributed by atoms with E-state index in [1.807, 2.05) is 51.2 Å². The molecule has 0 saturated heterocycles. The maximum atomic E-state index is 9.44. The maximum Gasteiger partial charge on any atom is 0.145 e. The third kappa shape index (κ3) is 3.26. The van der Waals surface area contributed by atoms with Crippen molar-refractivity contribution in [3.05, 3.63) is 36.5 Å². The minimum Gasteiger partial charge on any atom is -0.488 e. The van der Waals surface area contributed by atoms with Crippen molar-refractivity contribution in [2.45, 2.75) is 31.9 Å². The van der Waals surface area contributed by atoms with Gasteiger partial charge in [0, 0.05) is 23.5 Å². The minimum absolute atomic E-state index is 0.0211. The zero-order valence-electron chi connectivity index (χ0n) is 12.3. The number of nitrogens with zero attached hydrogens (tertiary/aromatic N) is 1. The highest BCUT2D eigenvalue weighted by molar-refractivity contribution is 5.84. The monoisotopic (exact) mass is 274 g/mol. The molecule has 0 saturated carbocycles. The van der Waals surface area contributed by atoms with Crippen LogP contribution in [0.25, 0.3) is 10.9 Å². The van der Waals surface area contributed by atoms with Crippen LogP contribution in [0.2, 0.25) is 0 Å². The zero-order valence-corrected chi connectivity index (χ0v) is 12.3. The number of aliphatic hydroxyl groups is 1. The number of benzene rings is 1. The minimum atomic E-state index is -0.336. The summed E-state index contributed by atoms with van der Waals surface area (Å²) in [6.07, 6.45) is 2.46. The SMILES string of the molecule is CNC(C)(CO)CC(C)Oc1cccc2cccnc12. The Morgan fingerprint density at radius 1 is 1.35 bits per heavy atom. The van der Waals surface area contributed by atoms with E-state index < -0.39 is 0 Å². The van der Waals surface area contributed by atoms with E-state index in [2.05, 4.69) is 10.3 Å². The number of ether oxygens (including phenoxy) is 1. The Hall–Kier alpha value is -1.65. The smallest absolute Gasteiger partial charge is 0.145 e. The lowest BCUT2D eigenvalue weighted by atomic mass is 9.96. The highest BCUT2D eigenvalue weighted by Gasteiger charge is 2.24. The van der Waals surface area contributed by atoms with Gasteiger partial charge in [-0.1, -0.05) is 18.2 Å². The number of nitrogens with one attached hydrogen (secondary N) is 1. The average Bonchev–Trinajstić information content (AvgIpc) is 2.47. The van der Waals surface area contributed by atoms with Crippen molar-refractivity contribution in [2.24, 2.45) is 0 Å². The van der Waals surface area contributed by atoms with Gasteiger partial charge in [-0.05, 0) is 33.0 Å². The molecular weight excluding hydrogens is 252 g/mol. The quantitative estimate of drug-likeness (QED) is 0.849. The molecule has 2 aromatic rings. The molecule has 108 valence electrons. The summed E-state index contributed by atoms with van der Waals surface area (Å²) >= 11 is 0. The van der Waals surface area contributed by atoms with Crippen molar-refractivity contribution in [1.29, 1.82) is 0 Å². The van der Waals surface area contributed by atoms with Crippen LogP contribution in [-0.4, -0.2) is 35.4 Å². The highest BCUT2D eigenvalue weighted by Crippen LogP contribution is 2.25. The summed E-state index contributed by atoms with van der Waals surface area (Å²) in [5.41, 5.74) is 0.536. The largest absolute Gasteiger partial charge is 0.488 e. The molecule has 20 heavy (non-hydrogen) atoms. The van der Waals surface area contributed by atoms with Gasteiger partial charge in [0.1, 0.15) is 11.3 Å². The molecular formula is C16H22N2O2. The van der Waals surface area contributed by atoms with Crippen LogP contribution >= 0.6 is 0 Å². The number of aromatic nitrogens is 1. The van der Waals surface area contributed by atoms with Crippen molar-refractivity contribution in [3.8, 4) is 5.75 Å². The fourth-order valence-electron chi connectivity index (χ4n) is 2.31. The number of hydrogen-bond acceptors (Lipinski definition) is 4. The molecule has 1 aromatic heterocycles. The van der Waals surface area contributed by atoms with E-state index in [4.69, 9.17) is 4.74 Å². The number of rotatable bonds is 6. The summed E-state index contributed by atoms with van der Waals surface area (Å²) in [4.78, 5) is 4.38. The summed E-state index contributed by atoms with van der Waals surface area (Å²) in [7, 11) is 1.85. The molecule has 0 spiro atoms. The Balaban J connectivity index is 2.16. The zero-order chi connectivity index (χ0) is 14.6. The van der Waals surface area contributed by atoms with Gasteiger partial charge >= 0.3 is 0 Å². The summed E-state index contributed by atoms with van der Waals surface area (Å²) in [6.45, 7) is 4.06. The number of hydrogen-bond donors (Lipinski definition) is 2. The van der Waals surface area contributed by atoms with Crippen molar-refractivity contribution in [2.75, 3.05) is 13.7 Å². The molecule has 0 aliphatic heterocycles. The van der Waals surface area contributed by atoms with Gasteiger partial charge in [-0.2, -0.15) is 0 Å². The molecule has 0 aliphatic rings. The van der Waals surface area contributed by atoms with Gasteiger partial charge in [0.05, 0.1) is 12.7 Å². The van der Waals surface area contributed by atoms with Crippen LogP contribution in [0.3, 0.4) is 0 Å². The molecule has 0 aliphatic carbocycles. The average molecular weight is 274 g/mol. The Kier molecular flexibility index (Phi) is 4.57. The molecule has 0 bridgehead atoms. The van der Waals surface area contributed by atoms with Crippen LogP contribution < -0.4 is 10.1 Å². The van der Waals surface area contributed by atoms with Crippen molar-refractivity contribution < 1.29 is 9.84 Å². The van der Waals surface area contributed by atoms with Crippen LogP contribution in [0.4, 0.5) is 0 Å². The lowest BCUT2D eigenvalue weighted by molar-refractivity contribution is 0.116. The third-order valence-electron chi connectivity index (χ3n) is 3.61. The molecule has 0 amide bonds. The van der Waals surface area contributed by atoms with E-state index in [-0.39, 0.29) is 18.2 Å². The predicted molar refractivity (Wildman–Crippen MR) is 81.0 cm³/mol. The first-order valence-corrected chi connectivity index (χ1v) is 6.88. The second-order valence-electron chi connectivity index (χ2n) is 5.43. The van der Waals surface area contributed by atoms with Crippen molar-refractivity contribution in [1.82, 2.24) is 10.3 Å². The van der Waals surface area contributed by atoms with E-state index in [0.29, 0.717) is 6.42 Å². The summed E-state index contributed by atoms with van der Waals surface area (Å²) in [5, 5.41) is 13.6. The first-order valence-electron chi connectivity index (χ1n) is 6.88. The Labute approximate surface area is 119 Å². The molecule has 2 atom stereocenters. The maximum absolute atomic E-state index is 9.44. The van der Waals surface area contributed by atoms with Gasteiger partial charge in [0.15, 0.2) is 0 Å². The molecule has 2 unspecified atom stereocenters. The van der Waals surface area contributed by atoms with Crippen LogP contribution in [0.15, 0.2) is 36.5 Å². The van der Waals surface area contributed by atoms with Crippen molar-refractivity contribution >= 4 is 10.9 Å². The molecule has 0 fully saturated rings. The number of fused-ring (bicyclic) bond motifs is 1. The van der Waals surface area contributed by atoms with Crippen LogP contribution in [0, 0.1) is 0 Å². The lowest BCUT2D eigenvalue weighted by Crippen LogP contribution is -2.46. The molecule has 1 aromatic carbocycles. The summed E-state index contributed by atoms with van der Waals surface area (Å²) in [5.74, 6) is 0.784. The fraction of sp³-hybridized carbons (Fsp3) is 0.438. The van der Waals surface area contributed by atoms with Gasteiger partial charge in [-0.15, -0.1) is 0 Å². The van der Waals surface area contributed by atoms with Gasteiger partial charge < -0.3 is 15.2 Å². The van der Waals surface area contributed by atoms with Crippen LogP contribution in [0.1, 0.15) is 20.3 Å². The van der Waals surface area contributed by atoms with Gasteiger partial charge in [0.2, 0.25) is 0 Å². The normalized spacial score (nSPS) is 15.8. The van der Waals surface area contributed by atoms with E-state index in [1.54, 1.807) is 6.20 Å². The number of aliphatic hydroxyl groups excluding tert-OH is 1. The lowest BCUT2D eigenvalue weighted by Gasteiger charge is -2.30. The number of para-hydroxylation sites is 1. The van der Waals surface area contributed by atoms with E-state index in [9.17, 15) is 5.11 Å². The number of pyridine rings is 1. The van der Waals surface area contributed by atoms with Crippen LogP contribution in [0.5, 0.6) is 5.75 Å². The standard InChI is InChI=1S/C16H22N2O2/c1-12(10-16(2,11-19)17-3)20-14-8-4-6-13-7-5-9-18-15(13)14/h4-9,12,17,19H,10-11H2,1-3H3. The number of likely N-dealkylation sites (N-methyl/N-ethyl adjacent to an activating group) is 1. The third-order valence-corrected chi connectivity index (χ3v) is 3.61. The van der Waals surface area contributed by atoms with Gasteiger partial charge in [-0.3, -0.25) is 4.98 Å². The topological polar surface area (TPSA) is 54.4 Å². The van der Waals surface area contributed by atoms with E-state index >= 15 is 0 Å². The van der Waals surface area contributed by atoms with E-state index in [1.165, 1.54) is 0 Å². The van der Waals surface area contributed by atoms with Gasteiger partial charge in [0.25, 0.3) is 0 Å². The Bertz CT molecular complexity index is 562. The first-order chi connectivity index (χ1) is 9.58. The molecule has 0 radical (unpaired) electrons. The molecule has 4 nitrogen and oxygen atoms in total. The Morgan fingerprint density at radius 3 is 2.80 bits per heavy atom. The summed E-state index contributed by atoms with van der Waals surface area (Å²) in [6, 6.07) is 9.85. The van der Waals surface area contributed by atoms with Crippen molar-refractivity contribution in [3.63, 3.8) is 0 Å². The highest BCUT2D eigenvalue weighted by atomic mass is 16.5. The van der Waals surface area contributed by atoms with Crippen LogP contribution in [-0.2, 0) is 0 Å². The molecule has 4 heteroatoms. The van der Waals surface area contributed by atoms with Gasteiger partial charge in [-0.25, -0.2) is 0 Å². The first kappa shape index (κ1) is 14.8. The predicted octanol–water partition coefficient (Wildman–Crippen LogP) is 2.36. The van der Waals surface area contributed by atoms with E-state index in [0.717, 1.165) is 16.7 Å². The second-order valence-corrected chi connectivity index (χ2v) is 5.43. The molecule has 2 N–H and O–H groups in total. The fourth-order valence-corrected chi connectivity index (χ4v) is 2.31. The second kappa shape index (κ2) is 6.20. The summed E-state index contributed by atoms with van der Waals surface area (Å²) < 4.78 is 6.01.